The smallest absolute Gasteiger partial charge is 0.306 e. The van der Waals surface area contributed by atoms with Crippen molar-refractivity contribution in [3.8, 4) is 11.6 Å². The number of esters is 1. The number of benzene rings is 1. The van der Waals surface area contributed by atoms with E-state index in [-0.39, 0.29) is 30.3 Å². The molecule has 0 spiro atoms. The Morgan fingerprint density at radius 1 is 1.15 bits per heavy atom. The van der Waals surface area contributed by atoms with Gasteiger partial charge in [-0.15, -0.1) is 0 Å². The number of amides is 1. The first kappa shape index (κ1) is 34.9. The van der Waals surface area contributed by atoms with Crippen LogP contribution in [0.25, 0.3) is 11.0 Å². The van der Waals surface area contributed by atoms with Crippen LogP contribution in [0.1, 0.15) is 77.8 Å². The Kier molecular flexibility index (Phi) is 10.7. The van der Waals surface area contributed by atoms with Crippen LogP contribution in [0.2, 0.25) is 0 Å². The minimum Gasteiger partial charge on any atom is -0.497 e. The standard InChI is InChI=1S/C35H47F2N3O7/c1-21-16-23(21)8-6-7-11-35(36,37)31-32(39-27-17-24(44-4)9-10-26(27)38-31)47-29-19-40(28(20-41)22(29)2)33(43)25(18-30(42)45-5)34(3)12-14-46-15-13-34/h9-10,17,20-23,25,28-29H,6-8,11-16,18-19H2,1-5H3/t21?,22-,23+,25+,28+,29-/m0/s1. The lowest BCUT2D eigenvalue weighted by molar-refractivity contribution is -0.154. The van der Waals surface area contributed by atoms with Crippen molar-refractivity contribution in [2.45, 2.75) is 90.2 Å². The zero-order valence-electron chi connectivity index (χ0n) is 28.0. The Morgan fingerprint density at radius 3 is 2.51 bits per heavy atom. The molecule has 3 fully saturated rings. The van der Waals surface area contributed by atoms with Gasteiger partial charge in [-0.2, -0.15) is 8.78 Å². The Bertz CT molecular complexity index is 1450. The highest BCUT2D eigenvalue weighted by molar-refractivity contribution is 5.87. The fraction of sp³-hybridized carbons (Fsp3) is 0.686. The zero-order chi connectivity index (χ0) is 33.9. The molecule has 12 heteroatoms. The number of rotatable bonds is 14. The van der Waals surface area contributed by atoms with Gasteiger partial charge < -0.3 is 28.6 Å². The molecule has 5 rings (SSSR count). The van der Waals surface area contributed by atoms with E-state index in [1.54, 1.807) is 25.1 Å². The second-order valence-corrected chi connectivity index (χ2v) is 13.9. The Hall–Kier alpha value is -3.41. The van der Waals surface area contributed by atoms with Gasteiger partial charge in [0.15, 0.2) is 5.69 Å². The maximum atomic E-state index is 16.0. The van der Waals surface area contributed by atoms with Crippen molar-refractivity contribution in [3.63, 3.8) is 0 Å². The van der Waals surface area contributed by atoms with Gasteiger partial charge in [0.25, 0.3) is 5.92 Å². The molecule has 1 saturated carbocycles. The van der Waals surface area contributed by atoms with Crippen LogP contribution >= 0.6 is 0 Å². The van der Waals surface area contributed by atoms with E-state index in [0.717, 1.165) is 12.8 Å². The number of methoxy groups -OCH3 is 2. The minimum absolute atomic E-state index is 0.0456. The average molecular weight is 660 g/mol. The van der Waals surface area contributed by atoms with Gasteiger partial charge in [-0.3, -0.25) is 9.59 Å². The number of aromatic nitrogens is 2. The highest BCUT2D eigenvalue weighted by Crippen LogP contribution is 2.45. The molecule has 2 aliphatic heterocycles. The third-order valence-electron chi connectivity index (χ3n) is 10.7. The fourth-order valence-electron chi connectivity index (χ4n) is 7.11. The van der Waals surface area contributed by atoms with Crippen LogP contribution < -0.4 is 9.47 Å². The molecule has 3 aliphatic rings. The Balaban J connectivity index is 1.42. The van der Waals surface area contributed by atoms with Crippen LogP contribution in [0, 0.1) is 29.1 Å². The summed E-state index contributed by atoms with van der Waals surface area (Å²) in [4.78, 5) is 49.4. The van der Waals surface area contributed by atoms with E-state index in [9.17, 15) is 14.4 Å². The monoisotopic (exact) mass is 659 g/mol. The predicted octanol–water partition coefficient (Wildman–Crippen LogP) is 5.74. The van der Waals surface area contributed by atoms with Crippen molar-refractivity contribution in [1.82, 2.24) is 14.9 Å². The molecule has 1 aromatic carbocycles. The summed E-state index contributed by atoms with van der Waals surface area (Å²) in [5.41, 5.74) is -0.531. The van der Waals surface area contributed by atoms with E-state index >= 15 is 8.78 Å². The second kappa shape index (κ2) is 14.4. The average Bonchev–Trinajstić information content (AvgIpc) is 3.68. The van der Waals surface area contributed by atoms with Gasteiger partial charge >= 0.3 is 5.97 Å². The topological polar surface area (TPSA) is 117 Å². The van der Waals surface area contributed by atoms with Gasteiger partial charge in [0.05, 0.1) is 50.2 Å². The zero-order valence-corrected chi connectivity index (χ0v) is 28.0. The number of fused-ring (bicyclic) bond motifs is 1. The molecule has 2 aromatic rings. The van der Waals surface area contributed by atoms with Gasteiger partial charge in [-0.25, -0.2) is 9.97 Å². The molecule has 0 N–H and O–H groups in total. The third-order valence-corrected chi connectivity index (χ3v) is 10.7. The number of hydrogen-bond acceptors (Lipinski definition) is 9. The summed E-state index contributed by atoms with van der Waals surface area (Å²) in [6.07, 6.45) is 3.54. The van der Waals surface area contributed by atoms with Crippen LogP contribution in [-0.4, -0.2) is 79.2 Å². The number of halogens is 2. The van der Waals surface area contributed by atoms with Crippen molar-refractivity contribution < 1.29 is 42.1 Å². The van der Waals surface area contributed by atoms with E-state index in [1.807, 2.05) is 6.92 Å². The van der Waals surface area contributed by atoms with E-state index in [0.29, 0.717) is 68.3 Å². The lowest BCUT2D eigenvalue weighted by Crippen LogP contribution is -2.49. The molecular weight excluding hydrogens is 612 g/mol. The molecule has 1 amide bonds. The Morgan fingerprint density at radius 2 is 1.87 bits per heavy atom. The SMILES string of the molecule is COC(=O)C[C@H](C(=O)N1C[C@H](Oc2nc3cc(OC)ccc3nc2C(F)(F)CCCC[C@@H]2CC2C)[C@@H](C)[C@H]1C=O)C1(C)CCOCC1. The molecule has 2 saturated heterocycles. The summed E-state index contributed by atoms with van der Waals surface area (Å²) in [5.74, 6) is -4.10. The third kappa shape index (κ3) is 7.68. The van der Waals surface area contributed by atoms with Crippen molar-refractivity contribution >= 4 is 29.2 Å². The summed E-state index contributed by atoms with van der Waals surface area (Å²) < 4.78 is 53.9. The second-order valence-electron chi connectivity index (χ2n) is 13.9. The van der Waals surface area contributed by atoms with E-state index in [2.05, 4.69) is 16.9 Å². The van der Waals surface area contributed by atoms with Gasteiger partial charge in [0, 0.05) is 31.6 Å². The first-order valence-corrected chi connectivity index (χ1v) is 16.7. The fourth-order valence-corrected chi connectivity index (χ4v) is 7.11. The van der Waals surface area contributed by atoms with Crippen LogP contribution in [0.5, 0.6) is 11.6 Å². The molecule has 1 aromatic heterocycles. The largest absolute Gasteiger partial charge is 0.497 e. The summed E-state index contributed by atoms with van der Waals surface area (Å²) >= 11 is 0. The summed E-state index contributed by atoms with van der Waals surface area (Å²) in [5, 5.41) is 0. The quantitative estimate of drug-likeness (QED) is 0.142. The summed E-state index contributed by atoms with van der Waals surface area (Å²) in [6.45, 7) is 6.72. The number of hydrogen-bond donors (Lipinski definition) is 0. The number of likely N-dealkylation sites (tertiary alicyclic amines) is 1. The summed E-state index contributed by atoms with van der Waals surface area (Å²) in [6, 6.07) is 3.93. The van der Waals surface area contributed by atoms with Crippen molar-refractivity contribution in [1.29, 1.82) is 0 Å². The molecule has 6 atom stereocenters. The molecule has 1 aliphatic carbocycles. The van der Waals surface area contributed by atoms with E-state index in [4.69, 9.17) is 18.9 Å². The Labute approximate surface area is 274 Å². The molecule has 0 radical (unpaired) electrons. The van der Waals surface area contributed by atoms with Crippen molar-refractivity contribution in [2.75, 3.05) is 34.0 Å². The maximum absolute atomic E-state index is 16.0. The molecule has 3 heterocycles. The van der Waals surface area contributed by atoms with Crippen LogP contribution in [0.15, 0.2) is 18.2 Å². The lowest BCUT2D eigenvalue weighted by Gasteiger charge is -2.41. The van der Waals surface area contributed by atoms with Gasteiger partial charge in [0.2, 0.25) is 11.8 Å². The van der Waals surface area contributed by atoms with E-state index in [1.165, 1.54) is 19.1 Å². The van der Waals surface area contributed by atoms with Gasteiger partial charge in [0.1, 0.15) is 18.1 Å². The molecule has 0 bridgehead atoms. The number of alkyl halides is 2. The number of nitrogens with zero attached hydrogens (tertiary/aromatic N) is 3. The van der Waals surface area contributed by atoms with Crippen LogP contribution in [0.3, 0.4) is 0 Å². The molecule has 10 nitrogen and oxygen atoms in total. The van der Waals surface area contributed by atoms with Gasteiger partial charge in [-0.05, 0) is 55.1 Å². The first-order chi connectivity index (χ1) is 22.4. The molecule has 1 unspecified atom stereocenters. The minimum atomic E-state index is -3.32. The normalized spacial score (nSPS) is 26.1. The number of unbranched alkanes of at least 4 members (excludes halogenated alkanes) is 1. The number of carbonyl (C=O) groups is 3. The molecular formula is C35H47F2N3O7. The number of ether oxygens (including phenoxy) is 4. The highest BCUT2D eigenvalue weighted by Gasteiger charge is 2.50. The van der Waals surface area contributed by atoms with Crippen molar-refractivity contribution in [2.24, 2.45) is 29.1 Å². The van der Waals surface area contributed by atoms with E-state index < -0.39 is 53.4 Å². The molecule has 258 valence electrons. The predicted molar refractivity (Wildman–Crippen MR) is 169 cm³/mol. The number of aldehydes is 1. The van der Waals surface area contributed by atoms with Gasteiger partial charge in [-0.1, -0.05) is 33.6 Å². The highest BCUT2D eigenvalue weighted by atomic mass is 19.3. The van der Waals surface area contributed by atoms with Crippen LogP contribution in [-0.2, 0) is 29.8 Å². The first-order valence-electron chi connectivity index (χ1n) is 16.7. The molecule has 47 heavy (non-hydrogen) atoms. The van der Waals surface area contributed by atoms with Crippen molar-refractivity contribution in [3.05, 3.63) is 23.9 Å². The number of carbonyl (C=O) groups excluding carboxylic acids is 3. The lowest BCUT2D eigenvalue weighted by atomic mass is 9.69. The maximum Gasteiger partial charge on any atom is 0.306 e. The van der Waals surface area contributed by atoms with Crippen LogP contribution in [0.4, 0.5) is 8.78 Å². The summed E-state index contributed by atoms with van der Waals surface area (Å²) in [7, 11) is 2.77.